The average molecular weight is 314 g/mol. The van der Waals surface area contributed by atoms with Crippen LogP contribution in [0.5, 0.6) is 0 Å². The van der Waals surface area contributed by atoms with Crippen molar-refractivity contribution in [1.29, 1.82) is 0 Å². The molecule has 0 fully saturated rings. The summed E-state index contributed by atoms with van der Waals surface area (Å²) in [5, 5.41) is 3.44. The summed E-state index contributed by atoms with van der Waals surface area (Å²) in [5.41, 5.74) is 4.21. The molecule has 3 nitrogen and oxygen atoms in total. The zero-order chi connectivity index (χ0) is 16.2. The van der Waals surface area contributed by atoms with Crippen molar-refractivity contribution in [2.24, 2.45) is 4.99 Å². The zero-order valence-corrected chi connectivity index (χ0v) is 13.2. The van der Waals surface area contributed by atoms with Gasteiger partial charge < -0.3 is 10.1 Å². The van der Waals surface area contributed by atoms with E-state index in [1.165, 1.54) is 5.56 Å². The number of anilines is 2. The molecule has 3 heteroatoms. The maximum Gasteiger partial charge on any atom is 0.219 e. The van der Waals surface area contributed by atoms with Gasteiger partial charge in [0.2, 0.25) is 5.90 Å². The van der Waals surface area contributed by atoms with Gasteiger partial charge in [-0.2, -0.15) is 0 Å². The van der Waals surface area contributed by atoms with Crippen LogP contribution in [0, 0.1) is 0 Å². The van der Waals surface area contributed by atoms with Crippen molar-refractivity contribution in [1.82, 2.24) is 0 Å². The lowest BCUT2D eigenvalue weighted by Gasteiger charge is -2.11. The fourth-order valence-corrected chi connectivity index (χ4v) is 2.82. The van der Waals surface area contributed by atoms with Crippen LogP contribution in [0.4, 0.5) is 11.4 Å². The van der Waals surface area contributed by atoms with Gasteiger partial charge in [-0.3, -0.25) is 0 Å². The van der Waals surface area contributed by atoms with E-state index in [1.54, 1.807) is 0 Å². The van der Waals surface area contributed by atoms with Crippen molar-refractivity contribution in [2.75, 3.05) is 11.9 Å². The molecule has 0 saturated carbocycles. The Kier molecular flexibility index (Phi) is 3.98. The largest absolute Gasteiger partial charge is 0.475 e. The molecule has 0 spiro atoms. The molecular formula is C21H18N2O. The maximum absolute atomic E-state index is 5.89. The summed E-state index contributed by atoms with van der Waals surface area (Å²) in [6.45, 7) is 0.582. The third-order valence-electron chi connectivity index (χ3n) is 4.05. The molecule has 1 unspecified atom stereocenters. The first-order chi connectivity index (χ1) is 11.9. The van der Waals surface area contributed by atoms with E-state index in [1.807, 2.05) is 72.8 Å². The van der Waals surface area contributed by atoms with Crippen molar-refractivity contribution in [3.8, 4) is 0 Å². The van der Waals surface area contributed by atoms with Gasteiger partial charge in [-0.25, -0.2) is 4.99 Å². The van der Waals surface area contributed by atoms with Crippen LogP contribution in [-0.4, -0.2) is 12.5 Å². The summed E-state index contributed by atoms with van der Waals surface area (Å²) < 4.78 is 5.89. The highest BCUT2D eigenvalue weighted by molar-refractivity contribution is 6.01. The van der Waals surface area contributed by atoms with Crippen LogP contribution in [0.15, 0.2) is 89.9 Å². The lowest BCUT2D eigenvalue weighted by molar-refractivity contribution is 0.320. The minimum absolute atomic E-state index is 0.0611. The first-order valence-electron chi connectivity index (χ1n) is 8.07. The Morgan fingerprint density at radius 1 is 0.792 bits per heavy atom. The molecule has 0 aliphatic carbocycles. The van der Waals surface area contributed by atoms with Crippen LogP contribution < -0.4 is 5.32 Å². The van der Waals surface area contributed by atoms with Crippen molar-refractivity contribution in [2.45, 2.75) is 6.04 Å². The molecule has 0 saturated heterocycles. The number of rotatable bonds is 4. The number of ether oxygens (including phenoxy) is 1. The fourth-order valence-electron chi connectivity index (χ4n) is 2.82. The Morgan fingerprint density at radius 3 is 2.25 bits per heavy atom. The second-order valence-electron chi connectivity index (χ2n) is 5.71. The smallest absolute Gasteiger partial charge is 0.219 e. The van der Waals surface area contributed by atoms with E-state index in [4.69, 9.17) is 9.73 Å². The van der Waals surface area contributed by atoms with Crippen molar-refractivity contribution in [3.05, 3.63) is 96.1 Å². The zero-order valence-electron chi connectivity index (χ0n) is 13.2. The van der Waals surface area contributed by atoms with Gasteiger partial charge in [0, 0.05) is 5.69 Å². The molecule has 1 heterocycles. The summed E-state index contributed by atoms with van der Waals surface area (Å²) in [6.07, 6.45) is 0. The highest BCUT2D eigenvalue weighted by Crippen LogP contribution is 2.28. The van der Waals surface area contributed by atoms with Gasteiger partial charge in [0.15, 0.2) is 0 Å². The molecule has 4 rings (SSSR count). The molecule has 3 aromatic carbocycles. The summed E-state index contributed by atoms with van der Waals surface area (Å²) in [5.74, 6) is 0.697. The Morgan fingerprint density at radius 2 is 1.46 bits per heavy atom. The van der Waals surface area contributed by atoms with Crippen LogP contribution in [0.1, 0.15) is 17.2 Å². The Bertz CT molecular complexity index is 844. The van der Waals surface area contributed by atoms with Gasteiger partial charge >= 0.3 is 0 Å². The van der Waals surface area contributed by atoms with Crippen LogP contribution >= 0.6 is 0 Å². The molecule has 1 atom stereocenters. The second kappa shape index (κ2) is 6.59. The van der Waals surface area contributed by atoms with Crippen molar-refractivity contribution >= 4 is 17.3 Å². The van der Waals surface area contributed by atoms with E-state index in [0.717, 1.165) is 16.9 Å². The highest BCUT2D eigenvalue weighted by Gasteiger charge is 2.23. The number of aliphatic imine (C=N–C) groups is 1. The Balaban J connectivity index is 1.63. The Labute approximate surface area is 141 Å². The molecule has 1 aliphatic rings. The maximum atomic E-state index is 5.89. The van der Waals surface area contributed by atoms with E-state index in [2.05, 4.69) is 17.4 Å². The predicted molar refractivity (Wildman–Crippen MR) is 97.8 cm³/mol. The monoisotopic (exact) mass is 314 g/mol. The molecule has 3 aromatic rings. The molecule has 118 valence electrons. The minimum atomic E-state index is 0.0611. The number of nitrogens with zero attached hydrogens (tertiary/aromatic N) is 1. The van der Waals surface area contributed by atoms with E-state index < -0.39 is 0 Å². The number of benzene rings is 3. The molecule has 0 amide bonds. The Hall–Kier alpha value is -3.07. The first kappa shape index (κ1) is 14.5. The predicted octanol–water partition coefficient (Wildman–Crippen LogP) is 4.95. The van der Waals surface area contributed by atoms with Gasteiger partial charge in [0.1, 0.15) is 12.6 Å². The normalized spacial score (nSPS) is 16.3. The summed E-state index contributed by atoms with van der Waals surface area (Å²) in [4.78, 5) is 4.79. The van der Waals surface area contributed by atoms with Crippen LogP contribution in [0.3, 0.4) is 0 Å². The van der Waals surface area contributed by atoms with Gasteiger partial charge in [0.05, 0.1) is 11.3 Å². The molecule has 1 aliphatic heterocycles. The lowest BCUT2D eigenvalue weighted by Crippen LogP contribution is -2.05. The summed E-state index contributed by atoms with van der Waals surface area (Å²) in [6, 6.07) is 28.6. The quantitative estimate of drug-likeness (QED) is 0.739. The number of para-hydroxylation sites is 2. The molecular weight excluding hydrogens is 296 g/mol. The third kappa shape index (κ3) is 3.01. The topological polar surface area (TPSA) is 33.6 Å². The summed E-state index contributed by atoms with van der Waals surface area (Å²) in [7, 11) is 0. The van der Waals surface area contributed by atoms with Crippen LogP contribution in [0.25, 0.3) is 0 Å². The van der Waals surface area contributed by atoms with Gasteiger partial charge in [-0.15, -0.1) is 0 Å². The van der Waals surface area contributed by atoms with Crippen molar-refractivity contribution in [3.63, 3.8) is 0 Å². The standard InChI is InChI=1S/C21H18N2O/c1-3-9-16(10-4-1)20-15-24-21(23-20)18-13-7-8-14-19(18)22-17-11-5-2-6-12-17/h1-14,20,22H,15H2. The molecule has 0 bridgehead atoms. The van der Waals surface area contributed by atoms with Gasteiger partial charge in [0.25, 0.3) is 0 Å². The SMILES string of the molecule is c1ccc(Nc2ccccc2C2=NC(c3ccccc3)CO2)cc1. The van der Waals surface area contributed by atoms with Crippen LogP contribution in [-0.2, 0) is 4.74 Å². The molecule has 0 radical (unpaired) electrons. The van der Waals surface area contributed by atoms with Gasteiger partial charge in [-0.05, 0) is 29.8 Å². The molecule has 1 N–H and O–H groups in total. The highest BCUT2D eigenvalue weighted by atomic mass is 16.5. The average Bonchev–Trinajstić information content (AvgIpc) is 3.14. The van der Waals surface area contributed by atoms with E-state index in [-0.39, 0.29) is 6.04 Å². The molecule has 24 heavy (non-hydrogen) atoms. The van der Waals surface area contributed by atoms with E-state index >= 15 is 0 Å². The number of nitrogens with one attached hydrogen (secondary N) is 1. The van der Waals surface area contributed by atoms with Crippen molar-refractivity contribution < 1.29 is 4.74 Å². The van der Waals surface area contributed by atoms with Gasteiger partial charge in [-0.1, -0.05) is 60.7 Å². The molecule has 0 aromatic heterocycles. The van der Waals surface area contributed by atoms with Crippen LogP contribution in [0.2, 0.25) is 0 Å². The minimum Gasteiger partial charge on any atom is -0.475 e. The number of hydrogen-bond acceptors (Lipinski definition) is 3. The third-order valence-corrected chi connectivity index (χ3v) is 4.05. The summed E-state index contributed by atoms with van der Waals surface area (Å²) >= 11 is 0. The fraction of sp³-hybridized carbons (Fsp3) is 0.0952. The second-order valence-corrected chi connectivity index (χ2v) is 5.71. The first-order valence-corrected chi connectivity index (χ1v) is 8.07. The number of hydrogen-bond donors (Lipinski definition) is 1. The van der Waals surface area contributed by atoms with E-state index in [9.17, 15) is 0 Å². The lowest BCUT2D eigenvalue weighted by atomic mass is 10.1. The van der Waals surface area contributed by atoms with E-state index in [0.29, 0.717) is 12.5 Å².